The molecule has 0 fully saturated rings. The minimum atomic E-state index is -5.08. The highest BCUT2D eigenvalue weighted by atomic mass is 35.5. The van der Waals surface area contributed by atoms with Gasteiger partial charge in [0.15, 0.2) is 0 Å². The van der Waals surface area contributed by atoms with Gasteiger partial charge >= 0.3 is 6.18 Å². The average molecular weight is 414 g/mol. The van der Waals surface area contributed by atoms with Crippen LogP contribution in [0.3, 0.4) is 0 Å². The van der Waals surface area contributed by atoms with E-state index in [1.165, 1.54) is 0 Å². The number of halogens is 5. The van der Waals surface area contributed by atoms with Gasteiger partial charge in [0.05, 0.1) is 16.1 Å². The SMILES string of the molecule is NS(=O)(=O)c1cc2c(cc1C(F)(F)F)NC(C(Cl)Cl)NS2(=O)=O. The lowest BCUT2D eigenvalue weighted by atomic mass is 10.2. The first-order valence-corrected chi connectivity index (χ1v) is 9.49. The van der Waals surface area contributed by atoms with E-state index in [1.54, 1.807) is 0 Å². The molecule has 0 spiro atoms. The van der Waals surface area contributed by atoms with E-state index in [9.17, 15) is 30.0 Å². The van der Waals surface area contributed by atoms with Crippen LogP contribution in [0.2, 0.25) is 0 Å². The standard InChI is InChI=1S/C9H8Cl2F3N3O4S2/c10-7(11)8-16-4-1-3(9(12,13)14)5(22(15,18)19)2-6(4)23(20,21)17-8/h1-2,7-8,16-17H,(H2,15,18,19). The number of anilines is 1. The Kier molecular flexibility index (Phi) is 4.54. The number of nitrogens with one attached hydrogen (secondary N) is 2. The van der Waals surface area contributed by atoms with Crippen molar-refractivity contribution in [2.45, 2.75) is 27.0 Å². The summed E-state index contributed by atoms with van der Waals surface area (Å²) >= 11 is 11.0. The third-order valence-electron chi connectivity index (χ3n) is 2.83. The van der Waals surface area contributed by atoms with Gasteiger partial charge in [0, 0.05) is 0 Å². The first-order chi connectivity index (χ1) is 10.2. The number of nitrogens with two attached hydrogens (primary N) is 1. The summed E-state index contributed by atoms with van der Waals surface area (Å²) in [5.41, 5.74) is -2.11. The third-order valence-corrected chi connectivity index (χ3v) is 5.76. The van der Waals surface area contributed by atoms with E-state index in [0.717, 1.165) is 0 Å². The number of fused-ring (bicyclic) bond motifs is 1. The number of hydrogen-bond donors (Lipinski definition) is 3. The van der Waals surface area contributed by atoms with Gasteiger partial charge in [0.1, 0.15) is 15.9 Å². The third kappa shape index (κ3) is 3.67. The van der Waals surface area contributed by atoms with Crippen molar-refractivity contribution in [1.82, 2.24) is 4.72 Å². The molecular formula is C9H8Cl2F3N3O4S2. The van der Waals surface area contributed by atoms with E-state index in [2.05, 4.69) is 5.32 Å². The number of sulfonamides is 2. The van der Waals surface area contributed by atoms with E-state index < -0.39 is 58.3 Å². The van der Waals surface area contributed by atoms with Gasteiger partial charge in [-0.3, -0.25) is 0 Å². The highest BCUT2D eigenvalue weighted by molar-refractivity contribution is 7.90. The summed E-state index contributed by atoms with van der Waals surface area (Å²) in [5, 5.41) is 7.10. The van der Waals surface area contributed by atoms with Crippen molar-refractivity contribution < 1.29 is 30.0 Å². The highest BCUT2D eigenvalue weighted by Crippen LogP contribution is 2.39. The second-order valence-electron chi connectivity index (χ2n) is 4.47. The Morgan fingerprint density at radius 2 is 1.83 bits per heavy atom. The van der Waals surface area contributed by atoms with Gasteiger partial charge in [-0.15, -0.1) is 23.2 Å². The molecule has 0 saturated carbocycles. The monoisotopic (exact) mass is 413 g/mol. The molecule has 0 aromatic heterocycles. The van der Waals surface area contributed by atoms with Crippen LogP contribution in [0.25, 0.3) is 0 Å². The zero-order chi connectivity index (χ0) is 17.8. The second-order valence-corrected chi connectivity index (χ2v) is 8.84. The first-order valence-electron chi connectivity index (χ1n) is 5.58. The van der Waals surface area contributed by atoms with E-state index in [0.29, 0.717) is 12.1 Å². The van der Waals surface area contributed by atoms with Crippen LogP contribution in [0.5, 0.6) is 0 Å². The van der Waals surface area contributed by atoms with Gasteiger partial charge in [-0.2, -0.15) is 17.9 Å². The van der Waals surface area contributed by atoms with Crippen LogP contribution in [0, 0.1) is 0 Å². The topological polar surface area (TPSA) is 118 Å². The lowest BCUT2D eigenvalue weighted by Gasteiger charge is -2.29. The highest BCUT2D eigenvalue weighted by Gasteiger charge is 2.41. The van der Waals surface area contributed by atoms with Crippen LogP contribution in [0.1, 0.15) is 5.56 Å². The van der Waals surface area contributed by atoms with E-state index in [4.69, 9.17) is 28.3 Å². The van der Waals surface area contributed by atoms with Crippen molar-refractivity contribution in [2.24, 2.45) is 5.14 Å². The van der Waals surface area contributed by atoms with Gasteiger partial charge in [-0.25, -0.2) is 22.0 Å². The van der Waals surface area contributed by atoms with Crippen molar-refractivity contribution in [1.29, 1.82) is 0 Å². The maximum absolute atomic E-state index is 13.0. The molecule has 23 heavy (non-hydrogen) atoms. The molecule has 130 valence electrons. The molecule has 0 aliphatic carbocycles. The molecule has 4 N–H and O–H groups in total. The Morgan fingerprint density at radius 1 is 1.26 bits per heavy atom. The predicted octanol–water partition coefficient (Wildman–Crippen LogP) is 1.19. The molecule has 7 nitrogen and oxygen atoms in total. The summed E-state index contributed by atoms with van der Waals surface area (Å²) in [7, 11) is -9.17. The summed E-state index contributed by atoms with van der Waals surface area (Å²) in [4.78, 5) is -3.40. The molecule has 0 bridgehead atoms. The quantitative estimate of drug-likeness (QED) is 0.629. The van der Waals surface area contributed by atoms with Crippen molar-refractivity contribution in [2.75, 3.05) is 5.32 Å². The van der Waals surface area contributed by atoms with E-state index >= 15 is 0 Å². The summed E-state index contributed by atoms with van der Waals surface area (Å²) < 4.78 is 87.9. The summed E-state index contributed by atoms with van der Waals surface area (Å²) in [5.74, 6) is 0. The van der Waals surface area contributed by atoms with Crippen molar-refractivity contribution in [3.05, 3.63) is 17.7 Å². The van der Waals surface area contributed by atoms with Gasteiger partial charge in [0.25, 0.3) is 0 Å². The summed E-state index contributed by atoms with van der Waals surface area (Å²) in [6.07, 6.45) is -6.37. The minimum Gasteiger partial charge on any atom is -0.366 e. The van der Waals surface area contributed by atoms with Crippen LogP contribution in [0.4, 0.5) is 18.9 Å². The number of rotatable bonds is 2. The molecule has 1 aromatic rings. The second kappa shape index (κ2) is 5.63. The van der Waals surface area contributed by atoms with Crippen LogP contribution in [0.15, 0.2) is 21.9 Å². The predicted molar refractivity (Wildman–Crippen MR) is 76.0 cm³/mol. The van der Waals surface area contributed by atoms with E-state index in [1.807, 2.05) is 4.72 Å². The van der Waals surface area contributed by atoms with Gasteiger partial charge in [0.2, 0.25) is 20.0 Å². The normalized spacial score (nSPS) is 20.9. The molecule has 0 saturated heterocycles. The smallest absolute Gasteiger partial charge is 0.366 e. The maximum atomic E-state index is 13.0. The van der Waals surface area contributed by atoms with Gasteiger partial charge < -0.3 is 5.32 Å². The Balaban J connectivity index is 2.80. The molecular weight excluding hydrogens is 406 g/mol. The Morgan fingerprint density at radius 3 is 2.26 bits per heavy atom. The Bertz CT molecular complexity index is 856. The van der Waals surface area contributed by atoms with Crippen molar-refractivity contribution in [3.8, 4) is 0 Å². The molecule has 1 atom stereocenters. The minimum absolute atomic E-state index is 0.330. The van der Waals surface area contributed by atoms with Crippen molar-refractivity contribution in [3.63, 3.8) is 0 Å². The van der Waals surface area contributed by atoms with Gasteiger partial charge in [-0.05, 0) is 12.1 Å². The molecule has 2 rings (SSSR count). The first kappa shape index (κ1) is 18.5. The molecule has 1 unspecified atom stereocenters. The zero-order valence-electron chi connectivity index (χ0n) is 10.7. The number of benzene rings is 1. The lowest BCUT2D eigenvalue weighted by Crippen LogP contribution is -2.48. The van der Waals surface area contributed by atoms with Crippen LogP contribution < -0.4 is 15.2 Å². The average Bonchev–Trinajstić information content (AvgIpc) is 2.34. The van der Waals surface area contributed by atoms with Crippen LogP contribution >= 0.6 is 23.2 Å². The number of primary sulfonamides is 1. The van der Waals surface area contributed by atoms with Crippen LogP contribution in [-0.4, -0.2) is 27.8 Å². The maximum Gasteiger partial charge on any atom is 0.417 e. The Labute approximate surface area is 139 Å². The molecule has 1 aliphatic heterocycles. The summed E-state index contributed by atoms with van der Waals surface area (Å²) in [6, 6.07) is 0.660. The number of alkyl halides is 5. The van der Waals surface area contributed by atoms with Crippen LogP contribution in [-0.2, 0) is 26.2 Å². The Hall–Kier alpha value is -0.790. The number of hydrogen-bond acceptors (Lipinski definition) is 5. The molecule has 1 heterocycles. The fourth-order valence-electron chi connectivity index (χ4n) is 1.90. The van der Waals surface area contributed by atoms with Gasteiger partial charge in [-0.1, -0.05) is 0 Å². The molecule has 0 radical (unpaired) electrons. The molecule has 0 amide bonds. The van der Waals surface area contributed by atoms with Crippen molar-refractivity contribution >= 4 is 48.9 Å². The largest absolute Gasteiger partial charge is 0.417 e. The van der Waals surface area contributed by atoms with E-state index in [-0.39, 0.29) is 0 Å². The molecule has 14 heteroatoms. The molecule has 1 aromatic carbocycles. The fourth-order valence-corrected chi connectivity index (χ4v) is 4.47. The molecule has 1 aliphatic rings. The zero-order valence-corrected chi connectivity index (χ0v) is 13.9. The summed E-state index contributed by atoms with van der Waals surface area (Å²) in [6.45, 7) is 0. The lowest BCUT2D eigenvalue weighted by molar-refractivity contribution is -0.139. The fraction of sp³-hybridized carbons (Fsp3) is 0.333.